The van der Waals surface area contributed by atoms with Crippen LogP contribution in [0.5, 0.6) is 0 Å². The number of amides is 1. The number of allylic oxidation sites excluding steroid dienone is 2. The second kappa shape index (κ2) is 12.1. The molecular formula is C20H37NO5Si. The van der Waals surface area contributed by atoms with Gasteiger partial charge in [-0.25, -0.2) is 4.79 Å². The van der Waals surface area contributed by atoms with Gasteiger partial charge in [0.1, 0.15) is 6.04 Å². The predicted octanol–water partition coefficient (Wildman–Crippen LogP) is 3.28. The van der Waals surface area contributed by atoms with Crippen molar-refractivity contribution in [2.45, 2.75) is 76.7 Å². The van der Waals surface area contributed by atoms with Crippen molar-refractivity contribution in [1.29, 1.82) is 0 Å². The Bertz CT molecular complexity index is 507. The molecule has 0 aliphatic rings. The maximum absolute atomic E-state index is 11.9. The van der Waals surface area contributed by atoms with E-state index in [0.29, 0.717) is 16.6 Å². The Balaban J connectivity index is 5.05. The fraction of sp³-hybridized carbons (Fsp3) is 0.700. The van der Waals surface area contributed by atoms with Gasteiger partial charge in [-0.05, 0) is 16.6 Å². The number of aliphatic hydroxyl groups is 1. The molecule has 6 nitrogen and oxygen atoms in total. The topological polar surface area (TPSA) is 95.9 Å². The predicted molar refractivity (Wildman–Crippen MR) is 111 cm³/mol. The summed E-state index contributed by atoms with van der Waals surface area (Å²) >= 11 is 0. The van der Waals surface area contributed by atoms with E-state index in [0.717, 1.165) is 0 Å². The first-order valence-electron chi connectivity index (χ1n) is 9.54. The molecular weight excluding hydrogens is 362 g/mol. The normalized spacial score (nSPS) is 15.2. The van der Waals surface area contributed by atoms with Crippen LogP contribution in [-0.4, -0.2) is 56.0 Å². The molecule has 2 unspecified atom stereocenters. The van der Waals surface area contributed by atoms with Crippen molar-refractivity contribution in [2.75, 3.05) is 13.7 Å². The highest BCUT2D eigenvalue weighted by molar-refractivity contribution is 6.88. The van der Waals surface area contributed by atoms with Crippen LogP contribution in [0.25, 0.3) is 0 Å². The number of nitrogens with one attached hydrogen (secondary N) is 1. The third-order valence-electron chi connectivity index (χ3n) is 5.33. The van der Waals surface area contributed by atoms with Crippen LogP contribution >= 0.6 is 0 Å². The van der Waals surface area contributed by atoms with Gasteiger partial charge in [-0.1, -0.05) is 65.5 Å². The van der Waals surface area contributed by atoms with Gasteiger partial charge in [0.25, 0.3) is 0 Å². The van der Waals surface area contributed by atoms with Gasteiger partial charge in [0.2, 0.25) is 5.91 Å². The van der Waals surface area contributed by atoms with E-state index in [1.807, 2.05) is 6.08 Å². The Morgan fingerprint density at radius 1 is 1.04 bits per heavy atom. The molecule has 2 atom stereocenters. The van der Waals surface area contributed by atoms with E-state index in [4.69, 9.17) is 14.9 Å². The first-order chi connectivity index (χ1) is 12.5. The smallest absolute Gasteiger partial charge is 0.328 e. The quantitative estimate of drug-likeness (QED) is 0.346. The van der Waals surface area contributed by atoms with Gasteiger partial charge in [0.05, 0.1) is 27.2 Å². The van der Waals surface area contributed by atoms with Crippen LogP contribution in [0, 0.1) is 0 Å². The average molecular weight is 400 g/mol. The number of aliphatic hydroxyl groups excluding tert-OH is 1. The largest absolute Gasteiger partial charge is 0.480 e. The number of hydrogen-bond acceptors (Lipinski definition) is 4. The summed E-state index contributed by atoms with van der Waals surface area (Å²) in [4.78, 5) is 22.8. The standard InChI is InChI=1S/C20H37NO5Si/c1-14(2)27(15(3)4,16(5)6)11-9-8-10-17(26-7)12-19(23)21-18(13-22)20(24)25/h8-11,14-18,22H,12-13H2,1-7H3,(H,21,23)(H,24,25)/b10-8+,11-9-. The zero-order valence-electron chi connectivity index (χ0n) is 17.7. The van der Waals surface area contributed by atoms with Crippen LogP contribution in [0.4, 0.5) is 0 Å². The Morgan fingerprint density at radius 2 is 1.56 bits per heavy atom. The molecule has 0 heterocycles. The van der Waals surface area contributed by atoms with E-state index in [1.165, 1.54) is 7.11 Å². The van der Waals surface area contributed by atoms with Crippen LogP contribution in [-0.2, 0) is 14.3 Å². The molecule has 0 bridgehead atoms. The summed E-state index contributed by atoms with van der Waals surface area (Å²) in [5.41, 5.74) is 4.25. The molecule has 0 spiro atoms. The van der Waals surface area contributed by atoms with E-state index in [1.54, 1.807) is 6.08 Å². The number of carboxylic acid groups (broad SMARTS) is 1. The Morgan fingerprint density at radius 3 is 1.93 bits per heavy atom. The lowest BCUT2D eigenvalue weighted by Gasteiger charge is -2.40. The van der Waals surface area contributed by atoms with E-state index in [-0.39, 0.29) is 6.42 Å². The van der Waals surface area contributed by atoms with E-state index in [9.17, 15) is 9.59 Å². The maximum atomic E-state index is 11.9. The highest BCUT2D eigenvalue weighted by atomic mass is 28.3. The molecule has 3 N–H and O–H groups in total. The van der Waals surface area contributed by atoms with Crippen molar-refractivity contribution in [3.05, 3.63) is 23.9 Å². The first kappa shape index (κ1) is 25.6. The van der Waals surface area contributed by atoms with Crippen molar-refractivity contribution in [3.8, 4) is 0 Å². The SMILES string of the molecule is COC(/C=C/C=C\[Si](C(C)C)(C(C)C)C(C)C)CC(=O)NC(CO)C(=O)O. The Labute approximate surface area is 164 Å². The zero-order chi connectivity index (χ0) is 21.2. The molecule has 0 rings (SSSR count). The molecule has 0 aliphatic carbocycles. The molecule has 1 amide bonds. The van der Waals surface area contributed by atoms with Gasteiger partial charge in [0, 0.05) is 7.11 Å². The van der Waals surface area contributed by atoms with Gasteiger partial charge in [0.15, 0.2) is 0 Å². The number of methoxy groups -OCH3 is 1. The molecule has 0 saturated carbocycles. The monoisotopic (exact) mass is 399 g/mol. The number of carbonyl (C=O) groups is 2. The molecule has 156 valence electrons. The van der Waals surface area contributed by atoms with Gasteiger partial charge < -0.3 is 20.3 Å². The van der Waals surface area contributed by atoms with Crippen LogP contribution in [0.15, 0.2) is 23.9 Å². The highest BCUT2D eigenvalue weighted by Crippen LogP contribution is 2.42. The highest BCUT2D eigenvalue weighted by Gasteiger charge is 2.39. The van der Waals surface area contributed by atoms with E-state index in [2.05, 4.69) is 58.6 Å². The third kappa shape index (κ3) is 7.60. The van der Waals surface area contributed by atoms with Crippen LogP contribution in [0.3, 0.4) is 0 Å². The zero-order valence-corrected chi connectivity index (χ0v) is 18.7. The molecule has 27 heavy (non-hydrogen) atoms. The molecule has 0 radical (unpaired) electrons. The lowest BCUT2D eigenvalue weighted by Crippen LogP contribution is -2.44. The Kier molecular flexibility index (Phi) is 11.5. The maximum Gasteiger partial charge on any atom is 0.328 e. The van der Waals surface area contributed by atoms with Gasteiger partial charge in [-0.2, -0.15) is 0 Å². The average Bonchev–Trinajstić information content (AvgIpc) is 2.57. The molecule has 0 aliphatic heterocycles. The minimum absolute atomic E-state index is 0.00820. The fourth-order valence-electron chi connectivity index (χ4n) is 3.84. The van der Waals surface area contributed by atoms with Crippen molar-refractivity contribution in [3.63, 3.8) is 0 Å². The van der Waals surface area contributed by atoms with Crippen molar-refractivity contribution < 1.29 is 24.5 Å². The molecule has 0 aromatic rings. The molecule has 0 aromatic heterocycles. The lowest BCUT2D eigenvalue weighted by atomic mass is 10.2. The van der Waals surface area contributed by atoms with E-state index >= 15 is 0 Å². The van der Waals surface area contributed by atoms with Gasteiger partial charge in [-0.15, -0.1) is 0 Å². The number of aliphatic carboxylic acids is 1. The summed E-state index contributed by atoms with van der Waals surface area (Å²) in [6, 6.07) is -1.30. The molecule has 7 heteroatoms. The summed E-state index contributed by atoms with van der Waals surface area (Å²) in [6.45, 7) is 13.1. The van der Waals surface area contributed by atoms with Crippen molar-refractivity contribution >= 4 is 20.0 Å². The molecule has 0 saturated heterocycles. The fourth-order valence-corrected chi connectivity index (χ4v) is 9.44. The number of carbonyl (C=O) groups excluding carboxylic acids is 1. The molecule has 0 aromatic carbocycles. The second-order valence-corrected chi connectivity index (χ2v) is 13.6. The summed E-state index contributed by atoms with van der Waals surface area (Å²) in [5.74, 6) is -1.75. The summed E-state index contributed by atoms with van der Waals surface area (Å²) in [7, 11) is -0.124. The van der Waals surface area contributed by atoms with Crippen molar-refractivity contribution in [1.82, 2.24) is 5.32 Å². The van der Waals surface area contributed by atoms with Crippen LogP contribution < -0.4 is 5.32 Å². The number of rotatable bonds is 12. The number of hydrogen-bond donors (Lipinski definition) is 3. The molecule has 0 fully saturated rings. The second-order valence-electron chi connectivity index (χ2n) is 7.83. The summed E-state index contributed by atoms with van der Waals surface area (Å²) in [5, 5.41) is 20.1. The van der Waals surface area contributed by atoms with Crippen molar-refractivity contribution in [2.24, 2.45) is 0 Å². The van der Waals surface area contributed by atoms with E-state index < -0.39 is 38.7 Å². The minimum atomic E-state index is -1.63. The Hall–Kier alpha value is -1.44. The summed E-state index contributed by atoms with van der Waals surface area (Å²) in [6.07, 6.45) is 5.29. The summed E-state index contributed by atoms with van der Waals surface area (Å²) < 4.78 is 5.29. The van der Waals surface area contributed by atoms with Crippen LogP contribution in [0.2, 0.25) is 16.6 Å². The van der Waals surface area contributed by atoms with Gasteiger partial charge >= 0.3 is 5.97 Å². The third-order valence-corrected chi connectivity index (χ3v) is 12.1. The first-order valence-corrected chi connectivity index (χ1v) is 11.9. The lowest BCUT2D eigenvalue weighted by molar-refractivity contribution is -0.143. The number of ether oxygens (including phenoxy) is 1. The van der Waals surface area contributed by atoms with Gasteiger partial charge in [-0.3, -0.25) is 4.79 Å². The number of carboxylic acids is 1. The minimum Gasteiger partial charge on any atom is -0.480 e. The van der Waals surface area contributed by atoms with Crippen LogP contribution in [0.1, 0.15) is 48.0 Å².